The van der Waals surface area contributed by atoms with E-state index in [4.69, 9.17) is 0 Å². The molecule has 2 saturated carbocycles. The molecule has 2 heteroatoms. The highest BCUT2D eigenvalue weighted by Crippen LogP contribution is 2.34. The third-order valence-electron chi connectivity index (χ3n) is 5.57. The summed E-state index contributed by atoms with van der Waals surface area (Å²) >= 11 is 0. The van der Waals surface area contributed by atoms with Crippen molar-refractivity contribution in [3.8, 4) is 0 Å². The van der Waals surface area contributed by atoms with Crippen molar-refractivity contribution >= 4 is 0 Å². The summed E-state index contributed by atoms with van der Waals surface area (Å²) in [7, 11) is 0. The van der Waals surface area contributed by atoms with Crippen molar-refractivity contribution < 1.29 is 0 Å². The van der Waals surface area contributed by atoms with Gasteiger partial charge in [-0.2, -0.15) is 0 Å². The van der Waals surface area contributed by atoms with Crippen molar-refractivity contribution in [3.63, 3.8) is 0 Å². The van der Waals surface area contributed by atoms with Gasteiger partial charge in [-0.25, -0.2) is 0 Å². The first-order chi connectivity index (χ1) is 8.84. The van der Waals surface area contributed by atoms with E-state index in [1.54, 1.807) is 0 Å². The molecule has 0 aromatic heterocycles. The minimum absolute atomic E-state index is 0.699. The first kappa shape index (κ1) is 12.9. The number of rotatable bonds is 2. The lowest BCUT2D eigenvalue weighted by Crippen LogP contribution is -2.60. The van der Waals surface area contributed by atoms with Crippen LogP contribution in [0.15, 0.2) is 0 Å². The Bertz CT molecular complexity index is 254. The van der Waals surface area contributed by atoms with E-state index in [0.29, 0.717) is 6.04 Å². The Morgan fingerprint density at radius 3 is 2.28 bits per heavy atom. The minimum Gasteiger partial charge on any atom is -0.311 e. The molecule has 1 aliphatic heterocycles. The molecule has 3 aliphatic rings. The highest BCUT2D eigenvalue weighted by Gasteiger charge is 2.37. The predicted octanol–water partition coefficient (Wildman–Crippen LogP) is 3.17. The number of piperazine rings is 1. The number of hydrogen-bond donors (Lipinski definition) is 1. The fourth-order valence-electron chi connectivity index (χ4n) is 4.57. The van der Waals surface area contributed by atoms with Gasteiger partial charge in [0, 0.05) is 31.2 Å². The lowest BCUT2D eigenvalue weighted by atomic mass is 9.81. The van der Waals surface area contributed by atoms with E-state index in [9.17, 15) is 0 Å². The van der Waals surface area contributed by atoms with Gasteiger partial charge in [-0.15, -0.1) is 0 Å². The first-order valence-electron chi connectivity index (χ1n) is 8.34. The summed E-state index contributed by atoms with van der Waals surface area (Å²) in [6, 6.07) is 2.47. The number of hydrogen-bond acceptors (Lipinski definition) is 2. The SMILES string of the molecule is CC1CN(C2CCCC2)C(C2CCCCC2)CN1. The molecule has 3 fully saturated rings. The van der Waals surface area contributed by atoms with Gasteiger partial charge in [0.2, 0.25) is 0 Å². The second kappa shape index (κ2) is 5.92. The van der Waals surface area contributed by atoms with Crippen LogP contribution in [0, 0.1) is 5.92 Å². The Morgan fingerprint density at radius 1 is 0.889 bits per heavy atom. The third kappa shape index (κ3) is 2.75. The molecule has 0 aromatic rings. The summed E-state index contributed by atoms with van der Waals surface area (Å²) in [6.07, 6.45) is 13.3. The van der Waals surface area contributed by atoms with Crippen molar-refractivity contribution in [2.24, 2.45) is 5.92 Å². The topological polar surface area (TPSA) is 15.3 Å². The summed E-state index contributed by atoms with van der Waals surface area (Å²) in [5.74, 6) is 0.986. The van der Waals surface area contributed by atoms with Crippen LogP contribution >= 0.6 is 0 Å². The van der Waals surface area contributed by atoms with E-state index in [1.807, 2.05) is 0 Å². The summed E-state index contributed by atoms with van der Waals surface area (Å²) in [6.45, 7) is 4.91. The zero-order chi connectivity index (χ0) is 12.4. The quantitative estimate of drug-likeness (QED) is 0.810. The molecule has 1 saturated heterocycles. The van der Waals surface area contributed by atoms with E-state index in [2.05, 4.69) is 17.1 Å². The number of nitrogens with one attached hydrogen (secondary N) is 1. The van der Waals surface area contributed by atoms with E-state index in [0.717, 1.165) is 18.0 Å². The van der Waals surface area contributed by atoms with Gasteiger partial charge in [-0.3, -0.25) is 4.90 Å². The van der Waals surface area contributed by atoms with Crippen LogP contribution in [-0.2, 0) is 0 Å². The lowest BCUT2D eigenvalue weighted by molar-refractivity contribution is 0.0402. The van der Waals surface area contributed by atoms with E-state index in [1.165, 1.54) is 70.9 Å². The van der Waals surface area contributed by atoms with Gasteiger partial charge in [0.05, 0.1) is 0 Å². The normalized spacial score (nSPS) is 37.2. The molecule has 0 spiro atoms. The Morgan fingerprint density at radius 2 is 1.56 bits per heavy atom. The molecule has 18 heavy (non-hydrogen) atoms. The van der Waals surface area contributed by atoms with E-state index < -0.39 is 0 Å². The molecule has 2 unspecified atom stereocenters. The van der Waals surface area contributed by atoms with Crippen LogP contribution in [0.3, 0.4) is 0 Å². The molecular weight excluding hydrogens is 220 g/mol. The average molecular weight is 250 g/mol. The Kier molecular flexibility index (Phi) is 4.25. The van der Waals surface area contributed by atoms with E-state index in [-0.39, 0.29) is 0 Å². The van der Waals surface area contributed by atoms with Gasteiger partial charge in [-0.1, -0.05) is 32.1 Å². The van der Waals surface area contributed by atoms with Gasteiger partial charge in [0.15, 0.2) is 0 Å². The summed E-state index contributed by atoms with van der Waals surface area (Å²) in [5, 5.41) is 3.74. The molecule has 0 aromatic carbocycles. The van der Waals surface area contributed by atoms with Crippen LogP contribution in [0.2, 0.25) is 0 Å². The van der Waals surface area contributed by atoms with Gasteiger partial charge in [0.1, 0.15) is 0 Å². The van der Waals surface area contributed by atoms with Crippen LogP contribution < -0.4 is 5.32 Å². The van der Waals surface area contributed by atoms with E-state index >= 15 is 0 Å². The van der Waals surface area contributed by atoms with Crippen LogP contribution in [0.4, 0.5) is 0 Å². The van der Waals surface area contributed by atoms with Crippen molar-refractivity contribution in [1.29, 1.82) is 0 Å². The maximum atomic E-state index is 3.74. The maximum absolute atomic E-state index is 3.74. The van der Waals surface area contributed by atoms with Crippen molar-refractivity contribution in [1.82, 2.24) is 10.2 Å². The van der Waals surface area contributed by atoms with Gasteiger partial charge in [0.25, 0.3) is 0 Å². The van der Waals surface area contributed by atoms with Crippen LogP contribution in [0.5, 0.6) is 0 Å². The highest BCUT2D eigenvalue weighted by atomic mass is 15.3. The second-order valence-corrected chi connectivity index (χ2v) is 6.91. The van der Waals surface area contributed by atoms with Crippen molar-refractivity contribution in [2.45, 2.75) is 82.8 Å². The molecule has 2 atom stereocenters. The lowest BCUT2D eigenvalue weighted by Gasteiger charge is -2.47. The van der Waals surface area contributed by atoms with Gasteiger partial charge >= 0.3 is 0 Å². The van der Waals surface area contributed by atoms with Crippen LogP contribution in [0.1, 0.15) is 64.7 Å². The standard InChI is InChI=1S/C16H30N2/c1-13-12-18(15-9-5-6-10-15)16(11-17-13)14-7-3-2-4-8-14/h13-17H,2-12H2,1H3. The molecule has 2 nitrogen and oxygen atoms in total. The first-order valence-corrected chi connectivity index (χ1v) is 8.34. The van der Waals surface area contributed by atoms with Gasteiger partial charge in [-0.05, 0) is 38.5 Å². The van der Waals surface area contributed by atoms with Crippen LogP contribution in [-0.4, -0.2) is 36.1 Å². The molecule has 3 rings (SSSR count). The van der Waals surface area contributed by atoms with Crippen LogP contribution in [0.25, 0.3) is 0 Å². The molecule has 0 radical (unpaired) electrons. The molecule has 0 bridgehead atoms. The predicted molar refractivity (Wildman–Crippen MR) is 76.8 cm³/mol. The molecule has 1 heterocycles. The minimum atomic E-state index is 0.699. The Balaban J connectivity index is 1.68. The molecule has 104 valence electrons. The molecule has 1 N–H and O–H groups in total. The maximum Gasteiger partial charge on any atom is 0.0252 e. The second-order valence-electron chi connectivity index (χ2n) is 6.91. The number of nitrogens with zero attached hydrogens (tertiary/aromatic N) is 1. The fourth-order valence-corrected chi connectivity index (χ4v) is 4.57. The monoisotopic (exact) mass is 250 g/mol. The third-order valence-corrected chi connectivity index (χ3v) is 5.57. The largest absolute Gasteiger partial charge is 0.311 e. The zero-order valence-corrected chi connectivity index (χ0v) is 12.0. The van der Waals surface area contributed by atoms with Crippen molar-refractivity contribution in [3.05, 3.63) is 0 Å². The molecule has 2 aliphatic carbocycles. The van der Waals surface area contributed by atoms with Crippen molar-refractivity contribution in [2.75, 3.05) is 13.1 Å². The van der Waals surface area contributed by atoms with Gasteiger partial charge < -0.3 is 5.32 Å². The zero-order valence-electron chi connectivity index (χ0n) is 12.0. The summed E-state index contributed by atoms with van der Waals surface area (Å²) < 4.78 is 0. The fraction of sp³-hybridized carbons (Fsp3) is 1.00. The Hall–Kier alpha value is -0.0800. The molecule has 0 amide bonds. The summed E-state index contributed by atoms with van der Waals surface area (Å²) in [5.41, 5.74) is 0. The Labute approximate surface area is 113 Å². The smallest absolute Gasteiger partial charge is 0.0252 e. The molecular formula is C16H30N2. The highest BCUT2D eigenvalue weighted by molar-refractivity contribution is 4.94. The summed E-state index contributed by atoms with van der Waals surface area (Å²) in [4.78, 5) is 2.92. The average Bonchev–Trinajstić information content (AvgIpc) is 2.93.